The number of carbonyl (C=O) groups is 1. The van der Waals surface area contributed by atoms with Crippen LogP contribution in [0.1, 0.15) is 19.9 Å². The minimum atomic E-state index is -0.484. The van der Waals surface area contributed by atoms with Gasteiger partial charge >= 0.3 is 5.69 Å². The number of nitrogens with zero attached hydrogens (tertiary/aromatic N) is 2. The van der Waals surface area contributed by atoms with Gasteiger partial charge < -0.3 is 5.32 Å². The SMILES string of the molecule is CC(C)n1c(=O)c2ccccc2n(CC(=O)Nc2ccccc2)c1=O. The normalized spacial score (nSPS) is 11.0. The summed E-state index contributed by atoms with van der Waals surface area (Å²) in [7, 11) is 0. The molecular weight excluding hydrogens is 318 g/mol. The highest BCUT2D eigenvalue weighted by Crippen LogP contribution is 2.10. The fourth-order valence-corrected chi connectivity index (χ4v) is 2.81. The molecule has 128 valence electrons. The second-order valence-electron chi connectivity index (χ2n) is 6.07. The van der Waals surface area contributed by atoms with Gasteiger partial charge in [0.2, 0.25) is 5.91 Å². The molecule has 1 N–H and O–H groups in total. The van der Waals surface area contributed by atoms with Crippen molar-refractivity contribution in [1.29, 1.82) is 0 Å². The second kappa shape index (κ2) is 6.76. The van der Waals surface area contributed by atoms with Crippen molar-refractivity contribution in [1.82, 2.24) is 9.13 Å². The average molecular weight is 337 g/mol. The van der Waals surface area contributed by atoms with Gasteiger partial charge in [0.15, 0.2) is 0 Å². The molecule has 3 aromatic rings. The Morgan fingerprint density at radius 1 is 1.00 bits per heavy atom. The van der Waals surface area contributed by atoms with Crippen molar-refractivity contribution in [2.24, 2.45) is 0 Å². The summed E-state index contributed by atoms with van der Waals surface area (Å²) in [4.78, 5) is 37.7. The molecule has 6 nitrogen and oxygen atoms in total. The predicted octanol–water partition coefficient (Wildman–Crippen LogP) is 2.38. The van der Waals surface area contributed by atoms with E-state index >= 15 is 0 Å². The lowest BCUT2D eigenvalue weighted by atomic mass is 10.2. The Labute approximate surface area is 144 Å². The van der Waals surface area contributed by atoms with E-state index < -0.39 is 5.69 Å². The predicted molar refractivity (Wildman–Crippen MR) is 97.9 cm³/mol. The van der Waals surface area contributed by atoms with E-state index in [0.29, 0.717) is 16.6 Å². The number of nitrogens with one attached hydrogen (secondary N) is 1. The number of rotatable bonds is 4. The van der Waals surface area contributed by atoms with E-state index in [-0.39, 0.29) is 24.1 Å². The summed E-state index contributed by atoms with van der Waals surface area (Å²) in [5.74, 6) is -0.326. The molecule has 25 heavy (non-hydrogen) atoms. The van der Waals surface area contributed by atoms with Crippen LogP contribution in [0.25, 0.3) is 10.9 Å². The van der Waals surface area contributed by atoms with Crippen molar-refractivity contribution < 1.29 is 4.79 Å². The molecule has 0 bridgehead atoms. The fourth-order valence-electron chi connectivity index (χ4n) is 2.81. The van der Waals surface area contributed by atoms with Crippen LogP contribution in [0.3, 0.4) is 0 Å². The second-order valence-corrected chi connectivity index (χ2v) is 6.07. The summed E-state index contributed by atoms with van der Waals surface area (Å²) in [5.41, 5.74) is 0.289. The lowest BCUT2D eigenvalue weighted by molar-refractivity contribution is -0.116. The highest BCUT2D eigenvalue weighted by molar-refractivity contribution is 5.91. The van der Waals surface area contributed by atoms with E-state index in [2.05, 4.69) is 5.32 Å². The summed E-state index contributed by atoms with van der Waals surface area (Å²) < 4.78 is 2.52. The largest absolute Gasteiger partial charge is 0.332 e. The topological polar surface area (TPSA) is 73.1 Å². The Balaban J connectivity index is 2.08. The first kappa shape index (κ1) is 16.7. The van der Waals surface area contributed by atoms with E-state index in [9.17, 15) is 14.4 Å². The van der Waals surface area contributed by atoms with Crippen LogP contribution >= 0.6 is 0 Å². The van der Waals surface area contributed by atoms with Crippen molar-refractivity contribution in [3.05, 3.63) is 75.4 Å². The van der Waals surface area contributed by atoms with Crippen LogP contribution in [-0.2, 0) is 11.3 Å². The number of para-hydroxylation sites is 2. The number of benzene rings is 2. The molecule has 0 radical (unpaired) electrons. The Hall–Kier alpha value is -3.15. The number of anilines is 1. The van der Waals surface area contributed by atoms with Crippen molar-refractivity contribution in [2.75, 3.05) is 5.32 Å². The minimum Gasteiger partial charge on any atom is -0.325 e. The molecule has 6 heteroatoms. The van der Waals surface area contributed by atoms with Crippen LogP contribution < -0.4 is 16.6 Å². The molecule has 1 heterocycles. The van der Waals surface area contributed by atoms with Gasteiger partial charge in [-0.15, -0.1) is 0 Å². The Bertz CT molecular complexity index is 1030. The van der Waals surface area contributed by atoms with Crippen LogP contribution in [0.4, 0.5) is 5.69 Å². The molecule has 0 aliphatic carbocycles. The Morgan fingerprint density at radius 2 is 1.64 bits per heavy atom. The van der Waals surface area contributed by atoms with Gasteiger partial charge in [-0.25, -0.2) is 4.79 Å². The van der Waals surface area contributed by atoms with E-state index in [0.717, 1.165) is 0 Å². The maximum absolute atomic E-state index is 12.8. The third-order valence-electron chi connectivity index (χ3n) is 3.96. The van der Waals surface area contributed by atoms with Gasteiger partial charge in [-0.3, -0.25) is 18.7 Å². The van der Waals surface area contributed by atoms with E-state index in [1.165, 1.54) is 9.13 Å². The lowest BCUT2D eigenvalue weighted by Gasteiger charge is -2.16. The number of aromatic nitrogens is 2. The van der Waals surface area contributed by atoms with Gasteiger partial charge in [0.25, 0.3) is 5.56 Å². The molecule has 2 aromatic carbocycles. The molecule has 0 spiro atoms. The summed E-state index contributed by atoms with van der Waals surface area (Å²) in [6.45, 7) is 3.37. The molecule has 1 amide bonds. The van der Waals surface area contributed by atoms with Crippen molar-refractivity contribution in [2.45, 2.75) is 26.4 Å². The molecule has 0 saturated heterocycles. The highest BCUT2D eigenvalue weighted by atomic mass is 16.2. The molecule has 0 saturated carbocycles. The monoisotopic (exact) mass is 337 g/mol. The Morgan fingerprint density at radius 3 is 2.32 bits per heavy atom. The van der Waals surface area contributed by atoms with E-state index in [1.807, 2.05) is 18.2 Å². The first-order valence-corrected chi connectivity index (χ1v) is 8.08. The zero-order valence-corrected chi connectivity index (χ0v) is 14.1. The maximum Gasteiger partial charge on any atom is 0.332 e. The highest BCUT2D eigenvalue weighted by Gasteiger charge is 2.16. The summed E-state index contributed by atoms with van der Waals surface area (Å²) >= 11 is 0. The molecule has 0 aliphatic heterocycles. The lowest BCUT2D eigenvalue weighted by Crippen LogP contribution is -2.42. The van der Waals surface area contributed by atoms with Crippen molar-refractivity contribution in [3.63, 3.8) is 0 Å². The summed E-state index contributed by atoms with van der Waals surface area (Å²) in [6, 6.07) is 15.6. The molecule has 0 unspecified atom stereocenters. The number of hydrogen-bond donors (Lipinski definition) is 1. The van der Waals surface area contributed by atoms with Crippen LogP contribution in [0, 0.1) is 0 Å². The molecule has 3 rings (SSSR count). The van der Waals surface area contributed by atoms with E-state index in [1.54, 1.807) is 50.2 Å². The number of hydrogen-bond acceptors (Lipinski definition) is 3. The summed E-state index contributed by atoms with van der Waals surface area (Å²) in [6.07, 6.45) is 0. The zero-order valence-electron chi connectivity index (χ0n) is 14.1. The van der Waals surface area contributed by atoms with Crippen LogP contribution in [0.15, 0.2) is 64.2 Å². The first-order valence-electron chi connectivity index (χ1n) is 8.08. The zero-order chi connectivity index (χ0) is 18.0. The molecule has 0 aliphatic rings. The third-order valence-corrected chi connectivity index (χ3v) is 3.96. The average Bonchev–Trinajstić information content (AvgIpc) is 2.59. The standard InChI is InChI=1S/C19H19N3O3/c1-13(2)22-18(24)15-10-6-7-11-16(15)21(19(22)25)12-17(23)20-14-8-4-3-5-9-14/h3-11,13H,12H2,1-2H3,(H,20,23). The van der Waals surface area contributed by atoms with Crippen molar-refractivity contribution in [3.8, 4) is 0 Å². The van der Waals surface area contributed by atoms with Crippen molar-refractivity contribution >= 4 is 22.5 Å². The van der Waals surface area contributed by atoms with E-state index in [4.69, 9.17) is 0 Å². The molecular formula is C19H19N3O3. The third kappa shape index (κ3) is 3.24. The van der Waals surface area contributed by atoms with Gasteiger partial charge in [-0.1, -0.05) is 30.3 Å². The van der Waals surface area contributed by atoms with Gasteiger partial charge in [0.1, 0.15) is 6.54 Å². The number of fused-ring (bicyclic) bond motifs is 1. The maximum atomic E-state index is 12.8. The van der Waals surface area contributed by atoms with Gasteiger partial charge in [0, 0.05) is 11.7 Å². The smallest absolute Gasteiger partial charge is 0.325 e. The Kier molecular flexibility index (Phi) is 4.52. The molecule has 0 fully saturated rings. The van der Waals surface area contributed by atoms with Gasteiger partial charge in [0.05, 0.1) is 10.9 Å². The minimum absolute atomic E-state index is 0.165. The fraction of sp³-hybridized carbons (Fsp3) is 0.211. The number of carbonyl (C=O) groups excluding carboxylic acids is 1. The van der Waals surface area contributed by atoms with Crippen LogP contribution in [0.5, 0.6) is 0 Å². The van der Waals surface area contributed by atoms with Gasteiger partial charge in [-0.05, 0) is 38.1 Å². The van der Waals surface area contributed by atoms with Crippen LogP contribution in [0.2, 0.25) is 0 Å². The van der Waals surface area contributed by atoms with Gasteiger partial charge in [-0.2, -0.15) is 0 Å². The van der Waals surface area contributed by atoms with Crippen LogP contribution in [-0.4, -0.2) is 15.0 Å². The number of amides is 1. The quantitative estimate of drug-likeness (QED) is 0.794. The first-order chi connectivity index (χ1) is 12.0. The molecule has 0 atom stereocenters. The molecule has 1 aromatic heterocycles. The summed E-state index contributed by atoms with van der Waals surface area (Å²) in [5, 5.41) is 3.18.